The summed E-state index contributed by atoms with van der Waals surface area (Å²) < 4.78 is 7.01. The summed E-state index contributed by atoms with van der Waals surface area (Å²) in [6, 6.07) is 22.5. The normalized spacial score (nSPS) is 10.7. The molecule has 0 aliphatic heterocycles. The molecule has 0 atom stereocenters. The van der Waals surface area contributed by atoms with Gasteiger partial charge in [0.2, 0.25) is 0 Å². The second-order valence-corrected chi connectivity index (χ2v) is 6.79. The smallest absolute Gasteiger partial charge is 0.298 e. The summed E-state index contributed by atoms with van der Waals surface area (Å²) in [7, 11) is 1.56. The number of Topliss-reactive ketones (excluding diaryl/α,β-unsaturated/α-hetero) is 1. The van der Waals surface area contributed by atoms with E-state index in [4.69, 9.17) is 4.74 Å². The van der Waals surface area contributed by atoms with Crippen molar-refractivity contribution in [2.75, 3.05) is 12.4 Å². The van der Waals surface area contributed by atoms with Crippen LogP contribution in [0, 0.1) is 6.92 Å². The second kappa shape index (κ2) is 7.64. The Morgan fingerprint density at radius 2 is 1.66 bits per heavy atom. The molecule has 0 spiro atoms. The third-order valence-electron chi connectivity index (χ3n) is 4.79. The molecule has 0 saturated heterocycles. The highest BCUT2D eigenvalue weighted by Crippen LogP contribution is 2.30. The highest BCUT2D eigenvalue weighted by Gasteiger charge is 2.25. The maximum absolute atomic E-state index is 13.2. The van der Waals surface area contributed by atoms with Crippen LogP contribution in [0.4, 0.5) is 5.69 Å². The molecule has 2 heterocycles. The van der Waals surface area contributed by atoms with Crippen LogP contribution in [0.25, 0.3) is 16.6 Å². The second-order valence-electron chi connectivity index (χ2n) is 6.79. The zero-order chi connectivity index (χ0) is 20.4. The van der Waals surface area contributed by atoms with E-state index < -0.39 is 11.7 Å². The average Bonchev–Trinajstić information content (AvgIpc) is 3.14. The molecule has 0 fully saturated rings. The third kappa shape index (κ3) is 3.62. The number of rotatable bonds is 5. The molecule has 0 unspecified atom stereocenters. The van der Waals surface area contributed by atoms with Gasteiger partial charge in [0.1, 0.15) is 11.4 Å². The zero-order valence-electron chi connectivity index (χ0n) is 16.2. The zero-order valence-corrected chi connectivity index (χ0v) is 16.2. The fraction of sp³-hybridized carbons (Fsp3) is 0.0833. The molecule has 0 saturated carbocycles. The number of hydrogen-bond donors (Lipinski definition) is 1. The Morgan fingerprint density at radius 1 is 0.931 bits per heavy atom. The van der Waals surface area contributed by atoms with Crippen LogP contribution in [0.2, 0.25) is 0 Å². The minimum Gasteiger partial charge on any atom is -0.495 e. The predicted molar refractivity (Wildman–Crippen MR) is 114 cm³/mol. The van der Waals surface area contributed by atoms with E-state index >= 15 is 0 Å². The lowest BCUT2D eigenvalue weighted by molar-refractivity contribution is -0.112. The van der Waals surface area contributed by atoms with Gasteiger partial charge in [-0.15, -0.1) is 0 Å². The van der Waals surface area contributed by atoms with E-state index in [-0.39, 0.29) is 0 Å². The van der Waals surface area contributed by atoms with Gasteiger partial charge in [-0.1, -0.05) is 48.0 Å². The van der Waals surface area contributed by atoms with Crippen LogP contribution in [0.5, 0.6) is 5.75 Å². The average molecular weight is 384 g/mol. The lowest BCUT2D eigenvalue weighted by atomic mass is 10.0. The molecule has 1 amide bonds. The van der Waals surface area contributed by atoms with Gasteiger partial charge in [0.25, 0.3) is 11.7 Å². The van der Waals surface area contributed by atoms with Gasteiger partial charge >= 0.3 is 0 Å². The number of nitrogens with zero attached hydrogens (tertiary/aromatic N) is 1. The Labute approximate surface area is 168 Å². The maximum Gasteiger partial charge on any atom is 0.298 e. The number of pyridine rings is 1. The van der Waals surface area contributed by atoms with Gasteiger partial charge in [0.15, 0.2) is 0 Å². The predicted octanol–water partition coefficient (Wildman–Crippen LogP) is 4.74. The van der Waals surface area contributed by atoms with Crippen molar-refractivity contribution in [2.24, 2.45) is 0 Å². The highest BCUT2D eigenvalue weighted by atomic mass is 16.5. The molecule has 0 bridgehead atoms. The Bertz CT molecular complexity index is 1190. The molecule has 0 aliphatic rings. The van der Waals surface area contributed by atoms with Crippen LogP contribution < -0.4 is 10.1 Å². The van der Waals surface area contributed by atoms with Gasteiger partial charge in [0, 0.05) is 16.8 Å². The van der Waals surface area contributed by atoms with E-state index in [9.17, 15) is 9.59 Å². The van der Waals surface area contributed by atoms with E-state index in [2.05, 4.69) is 5.32 Å². The SMILES string of the molecule is COc1ccc2cc(-c3ccccc3)c(C(=O)C(=O)Nc3ccc(C)cc3)n2c1. The van der Waals surface area contributed by atoms with Crippen LogP contribution in [0.15, 0.2) is 79.0 Å². The summed E-state index contributed by atoms with van der Waals surface area (Å²) in [5.74, 6) is -0.702. The quantitative estimate of drug-likeness (QED) is 0.399. The summed E-state index contributed by atoms with van der Waals surface area (Å²) in [6.07, 6.45) is 1.72. The Morgan fingerprint density at radius 3 is 2.34 bits per heavy atom. The number of benzene rings is 2. The van der Waals surface area contributed by atoms with Crippen LogP contribution in [0.3, 0.4) is 0 Å². The number of amides is 1. The number of anilines is 1. The van der Waals surface area contributed by atoms with Crippen LogP contribution >= 0.6 is 0 Å². The molecule has 4 rings (SSSR count). The number of ketones is 1. The molecule has 4 aromatic rings. The van der Waals surface area contributed by atoms with E-state index in [1.165, 1.54) is 0 Å². The molecule has 2 aromatic heterocycles. The van der Waals surface area contributed by atoms with Crippen molar-refractivity contribution in [1.82, 2.24) is 4.40 Å². The van der Waals surface area contributed by atoms with Crippen LogP contribution in [-0.4, -0.2) is 23.2 Å². The van der Waals surface area contributed by atoms with E-state index in [0.717, 1.165) is 16.6 Å². The number of aromatic nitrogens is 1. The number of ether oxygens (including phenoxy) is 1. The molecular formula is C24H20N2O3. The summed E-state index contributed by atoms with van der Waals surface area (Å²) in [5.41, 5.74) is 4.31. The standard InChI is InChI=1S/C24H20N2O3/c1-16-8-10-18(11-9-16)25-24(28)23(27)22-21(17-6-4-3-5-7-17)14-19-12-13-20(29-2)15-26(19)22/h3-15H,1-2H3,(H,25,28). The number of carbonyl (C=O) groups is 2. The van der Waals surface area contributed by atoms with Gasteiger partial charge < -0.3 is 14.5 Å². The summed E-state index contributed by atoms with van der Waals surface area (Å²) in [4.78, 5) is 26.0. The van der Waals surface area contributed by atoms with E-state index in [1.54, 1.807) is 29.8 Å². The van der Waals surface area contributed by atoms with Crippen LogP contribution in [0.1, 0.15) is 16.1 Å². The van der Waals surface area contributed by atoms with Gasteiger partial charge in [-0.05, 0) is 42.8 Å². The van der Waals surface area contributed by atoms with Gasteiger partial charge in [-0.25, -0.2) is 0 Å². The molecule has 0 aliphatic carbocycles. The lowest BCUT2D eigenvalue weighted by Gasteiger charge is -2.09. The number of hydrogen-bond acceptors (Lipinski definition) is 3. The number of nitrogens with one attached hydrogen (secondary N) is 1. The Balaban J connectivity index is 1.80. The Hall–Kier alpha value is -3.86. The summed E-state index contributed by atoms with van der Waals surface area (Å²) in [5, 5.41) is 2.70. The van der Waals surface area contributed by atoms with Crippen molar-refractivity contribution in [3.8, 4) is 16.9 Å². The number of carbonyl (C=O) groups excluding carboxylic acids is 2. The first kappa shape index (κ1) is 18.5. The van der Waals surface area contributed by atoms with E-state index in [0.29, 0.717) is 22.7 Å². The molecule has 5 heteroatoms. The molecule has 29 heavy (non-hydrogen) atoms. The fourth-order valence-corrected chi connectivity index (χ4v) is 3.27. The molecule has 144 valence electrons. The van der Waals surface area contributed by atoms with Gasteiger partial charge in [0.05, 0.1) is 13.3 Å². The first-order chi connectivity index (χ1) is 14.1. The monoisotopic (exact) mass is 384 g/mol. The molecular weight excluding hydrogens is 364 g/mol. The number of methoxy groups -OCH3 is 1. The van der Waals surface area contributed by atoms with Crippen LogP contribution in [-0.2, 0) is 4.79 Å². The van der Waals surface area contributed by atoms with Crippen molar-refractivity contribution >= 4 is 22.9 Å². The Kier molecular flexibility index (Phi) is 4.87. The fourth-order valence-electron chi connectivity index (χ4n) is 3.27. The van der Waals surface area contributed by atoms with Crippen molar-refractivity contribution in [2.45, 2.75) is 6.92 Å². The van der Waals surface area contributed by atoms with E-state index in [1.807, 2.05) is 67.6 Å². The lowest BCUT2D eigenvalue weighted by Crippen LogP contribution is -2.24. The molecule has 1 N–H and O–H groups in total. The highest BCUT2D eigenvalue weighted by molar-refractivity contribution is 6.47. The minimum absolute atomic E-state index is 0.301. The number of aryl methyl sites for hydroxylation is 1. The summed E-state index contributed by atoms with van der Waals surface area (Å²) in [6.45, 7) is 1.96. The van der Waals surface area contributed by atoms with Crippen molar-refractivity contribution in [3.05, 3.63) is 90.3 Å². The van der Waals surface area contributed by atoms with Crippen molar-refractivity contribution < 1.29 is 14.3 Å². The van der Waals surface area contributed by atoms with Crippen molar-refractivity contribution in [3.63, 3.8) is 0 Å². The van der Waals surface area contributed by atoms with Crippen molar-refractivity contribution in [1.29, 1.82) is 0 Å². The number of fused-ring (bicyclic) bond motifs is 1. The molecule has 2 aromatic carbocycles. The molecule has 5 nitrogen and oxygen atoms in total. The molecule has 0 radical (unpaired) electrons. The van der Waals surface area contributed by atoms with Gasteiger partial charge in [-0.2, -0.15) is 0 Å². The van der Waals surface area contributed by atoms with Gasteiger partial charge in [-0.3, -0.25) is 9.59 Å². The topological polar surface area (TPSA) is 59.8 Å². The first-order valence-electron chi connectivity index (χ1n) is 9.23. The first-order valence-corrected chi connectivity index (χ1v) is 9.23. The minimum atomic E-state index is -0.686. The maximum atomic E-state index is 13.2. The largest absolute Gasteiger partial charge is 0.495 e. The third-order valence-corrected chi connectivity index (χ3v) is 4.79. The summed E-state index contributed by atoms with van der Waals surface area (Å²) >= 11 is 0.